The Morgan fingerprint density at radius 3 is 2.62 bits per heavy atom. The summed E-state index contributed by atoms with van der Waals surface area (Å²) in [7, 11) is 0. The van der Waals surface area contributed by atoms with Crippen molar-refractivity contribution < 1.29 is 19.1 Å². The van der Waals surface area contributed by atoms with E-state index in [1.807, 2.05) is 40.1 Å². The first-order valence-corrected chi connectivity index (χ1v) is 8.54. The number of nitrogens with zero attached hydrogens (tertiary/aromatic N) is 2. The van der Waals surface area contributed by atoms with Gasteiger partial charge < -0.3 is 14.4 Å². The van der Waals surface area contributed by atoms with Gasteiger partial charge in [-0.1, -0.05) is 30.3 Å². The Labute approximate surface area is 142 Å². The molecule has 0 N–H and O–H groups in total. The lowest BCUT2D eigenvalue weighted by atomic mass is 10.2. The van der Waals surface area contributed by atoms with Gasteiger partial charge in [0.05, 0.1) is 19.8 Å². The van der Waals surface area contributed by atoms with Crippen LogP contribution in [0.5, 0.6) is 0 Å². The topological polar surface area (TPSA) is 59.1 Å². The summed E-state index contributed by atoms with van der Waals surface area (Å²) in [6, 6.07) is 9.33. The Hall–Kier alpha value is -1.92. The molecule has 0 saturated carbocycles. The van der Waals surface area contributed by atoms with E-state index in [1.165, 1.54) is 0 Å². The average Bonchev–Trinajstić information content (AvgIpc) is 3.09. The Morgan fingerprint density at radius 1 is 1.12 bits per heavy atom. The lowest BCUT2D eigenvalue weighted by Gasteiger charge is -2.30. The van der Waals surface area contributed by atoms with Gasteiger partial charge in [-0.3, -0.25) is 14.5 Å². The SMILES string of the molecule is O=C(OCc1ccccc1)C1CCCN1CC(=O)N1CCOCC1. The number of carbonyl (C=O) groups is 2. The first kappa shape index (κ1) is 16.9. The van der Waals surface area contributed by atoms with E-state index in [0.29, 0.717) is 26.3 Å². The van der Waals surface area contributed by atoms with Gasteiger partial charge in [0, 0.05) is 13.1 Å². The van der Waals surface area contributed by atoms with Crippen molar-refractivity contribution in [2.75, 3.05) is 39.4 Å². The molecule has 2 heterocycles. The van der Waals surface area contributed by atoms with E-state index >= 15 is 0 Å². The molecule has 0 aliphatic carbocycles. The summed E-state index contributed by atoms with van der Waals surface area (Å²) in [5, 5.41) is 0. The van der Waals surface area contributed by atoms with Crippen LogP contribution in [0.2, 0.25) is 0 Å². The fraction of sp³-hybridized carbons (Fsp3) is 0.556. The molecule has 1 aromatic rings. The highest BCUT2D eigenvalue weighted by Gasteiger charge is 2.34. The smallest absolute Gasteiger partial charge is 0.323 e. The Bertz CT molecular complexity index is 557. The van der Waals surface area contributed by atoms with E-state index in [4.69, 9.17) is 9.47 Å². The summed E-state index contributed by atoms with van der Waals surface area (Å²) < 4.78 is 10.7. The maximum atomic E-state index is 12.4. The zero-order chi connectivity index (χ0) is 16.8. The molecule has 24 heavy (non-hydrogen) atoms. The molecule has 1 aromatic carbocycles. The second-order valence-corrected chi connectivity index (χ2v) is 6.21. The average molecular weight is 332 g/mol. The summed E-state index contributed by atoms with van der Waals surface area (Å²) in [6.07, 6.45) is 1.67. The number of carbonyl (C=O) groups excluding carboxylic acids is 2. The summed E-state index contributed by atoms with van der Waals surface area (Å²) in [5.41, 5.74) is 0.972. The number of hydrogen-bond acceptors (Lipinski definition) is 5. The fourth-order valence-corrected chi connectivity index (χ4v) is 3.19. The molecule has 130 valence electrons. The highest BCUT2D eigenvalue weighted by molar-refractivity contribution is 5.81. The normalized spacial score (nSPS) is 21.7. The molecule has 0 aromatic heterocycles. The molecule has 6 nitrogen and oxygen atoms in total. The second-order valence-electron chi connectivity index (χ2n) is 6.21. The minimum absolute atomic E-state index is 0.0704. The third kappa shape index (κ3) is 4.33. The van der Waals surface area contributed by atoms with Gasteiger partial charge in [0.2, 0.25) is 5.91 Å². The van der Waals surface area contributed by atoms with Crippen molar-refractivity contribution in [3.63, 3.8) is 0 Å². The van der Waals surface area contributed by atoms with E-state index in [9.17, 15) is 9.59 Å². The predicted molar refractivity (Wildman–Crippen MR) is 88.2 cm³/mol. The monoisotopic (exact) mass is 332 g/mol. The lowest BCUT2D eigenvalue weighted by Crippen LogP contribution is -2.48. The van der Waals surface area contributed by atoms with Gasteiger partial charge >= 0.3 is 5.97 Å². The van der Waals surface area contributed by atoms with Crippen molar-refractivity contribution in [1.82, 2.24) is 9.80 Å². The lowest BCUT2D eigenvalue weighted by molar-refractivity contribution is -0.151. The van der Waals surface area contributed by atoms with E-state index in [2.05, 4.69) is 0 Å². The number of rotatable bonds is 5. The molecule has 2 fully saturated rings. The standard InChI is InChI=1S/C18H24N2O4/c21-17(19-9-11-23-12-10-19)13-20-8-4-7-16(20)18(22)24-14-15-5-2-1-3-6-15/h1-3,5-6,16H,4,7-14H2. The third-order valence-electron chi connectivity index (χ3n) is 4.56. The molecule has 1 atom stereocenters. The van der Waals surface area contributed by atoms with Gasteiger partial charge in [-0.15, -0.1) is 0 Å². The van der Waals surface area contributed by atoms with E-state index in [-0.39, 0.29) is 31.1 Å². The zero-order valence-corrected chi connectivity index (χ0v) is 13.9. The van der Waals surface area contributed by atoms with Gasteiger partial charge in [-0.05, 0) is 24.9 Å². The highest BCUT2D eigenvalue weighted by Crippen LogP contribution is 2.19. The van der Waals surface area contributed by atoms with Crippen LogP contribution in [0.25, 0.3) is 0 Å². The summed E-state index contributed by atoms with van der Waals surface area (Å²) >= 11 is 0. The zero-order valence-electron chi connectivity index (χ0n) is 13.9. The molecular weight excluding hydrogens is 308 g/mol. The molecule has 0 spiro atoms. The van der Waals surface area contributed by atoms with Crippen molar-refractivity contribution in [2.45, 2.75) is 25.5 Å². The van der Waals surface area contributed by atoms with Crippen LogP contribution in [-0.4, -0.2) is 67.1 Å². The van der Waals surface area contributed by atoms with Gasteiger partial charge in [-0.2, -0.15) is 0 Å². The van der Waals surface area contributed by atoms with Crippen LogP contribution in [0, 0.1) is 0 Å². The summed E-state index contributed by atoms with van der Waals surface area (Å²) in [4.78, 5) is 28.5. The van der Waals surface area contributed by atoms with Crippen molar-refractivity contribution in [3.05, 3.63) is 35.9 Å². The van der Waals surface area contributed by atoms with Crippen LogP contribution in [-0.2, 0) is 25.7 Å². The van der Waals surface area contributed by atoms with Crippen LogP contribution in [0.4, 0.5) is 0 Å². The molecular formula is C18H24N2O4. The summed E-state index contributed by atoms with van der Waals surface area (Å²) in [6.45, 7) is 3.78. The Morgan fingerprint density at radius 2 is 1.88 bits per heavy atom. The summed E-state index contributed by atoms with van der Waals surface area (Å²) in [5.74, 6) is -0.160. The van der Waals surface area contributed by atoms with Gasteiger partial charge in [0.25, 0.3) is 0 Å². The van der Waals surface area contributed by atoms with E-state index < -0.39 is 0 Å². The number of amides is 1. The molecule has 2 saturated heterocycles. The van der Waals surface area contributed by atoms with E-state index in [0.717, 1.165) is 24.9 Å². The second kappa shape index (κ2) is 8.26. The van der Waals surface area contributed by atoms with Crippen LogP contribution < -0.4 is 0 Å². The van der Waals surface area contributed by atoms with Crippen LogP contribution >= 0.6 is 0 Å². The quantitative estimate of drug-likeness (QED) is 0.755. The Balaban J connectivity index is 1.50. The molecule has 2 aliphatic rings. The van der Waals surface area contributed by atoms with Crippen LogP contribution in [0.1, 0.15) is 18.4 Å². The maximum absolute atomic E-state index is 12.4. The van der Waals surface area contributed by atoms with E-state index in [1.54, 1.807) is 0 Å². The molecule has 0 bridgehead atoms. The van der Waals surface area contributed by atoms with Crippen LogP contribution in [0.3, 0.4) is 0 Å². The number of benzene rings is 1. The van der Waals surface area contributed by atoms with Gasteiger partial charge in [0.15, 0.2) is 0 Å². The molecule has 0 radical (unpaired) electrons. The molecule has 2 aliphatic heterocycles. The highest BCUT2D eigenvalue weighted by atomic mass is 16.5. The first-order chi connectivity index (χ1) is 11.7. The number of hydrogen-bond donors (Lipinski definition) is 0. The first-order valence-electron chi connectivity index (χ1n) is 8.54. The molecule has 1 unspecified atom stereocenters. The van der Waals surface area contributed by atoms with Gasteiger partial charge in [0.1, 0.15) is 12.6 Å². The number of morpholine rings is 1. The number of esters is 1. The molecule has 3 rings (SSSR count). The largest absolute Gasteiger partial charge is 0.460 e. The number of ether oxygens (including phenoxy) is 2. The minimum Gasteiger partial charge on any atom is -0.460 e. The Kier molecular flexibility index (Phi) is 5.82. The van der Waals surface area contributed by atoms with Gasteiger partial charge in [-0.25, -0.2) is 0 Å². The van der Waals surface area contributed by atoms with Crippen molar-refractivity contribution >= 4 is 11.9 Å². The fourth-order valence-electron chi connectivity index (χ4n) is 3.19. The maximum Gasteiger partial charge on any atom is 0.323 e. The van der Waals surface area contributed by atoms with Crippen LogP contribution in [0.15, 0.2) is 30.3 Å². The predicted octanol–water partition coefficient (Wildman–Crippen LogP) is 1.05. The van der Waals surface area contributed by atoms with Crippen molar-refractivity contribution in [1.29, 1.82) is 0 Å². The van der Waals surface area contributed by atoms with Crippen molar-refractivity contribution in [3.8, 4) is 0 Å². The number of likely N-dealkylation sites (tertiary alicyclic amines) is 1. The third-order valence-corrected chi connectivity index (χ3v) is 4.56. The molecule has 6 heteroatoms. The molecule has 1 amide bonds. The minimum atomic E-state index is -0.307. The van der Waals surface area contributed by atoms with Crippen molar-refractivity contribution in [2.24, 2.45) is 0 Å².